The molecule has 1 heterocycles. The van der Waals surface area contributed by atoms with Crippen LogP contribution in [0.2, 0.25) is 0 Å². The van der Waals surface area contributed by atoms with Gasteiger partial charge in [0.15, 0.2) is 0 Å². The van der Waals surface area contributed by atoms with Crippen molar-refractivity contribution in [1.82, 2.24) is 0 Å². The molecule has 0 amide bonds. The second-order valence-electron chi connectivity index (χ2n) is 9.19. The first-order valence-corrected chi connectivity index (χ1v) is 9.17. The van der Waals surface area contributed by atoms with Gasteiger partial charge in [-0.15, -0.1) is 0 Å². The predicted molar refractivity (Wildman–Crippen MR) is 83.3 cm³/mol. The lowest BCUT2D eigenvalue weighted by molar-refractivity contribution is -0.116. The van der Waals surface area contributed by atoms with E-state index in [0.717, 1.165) is 31.6 Å². The first kappa shape index (κ1) is 13.9. The monoisotopic (exact) mass is 304 g/mol. The van der Waals surface area contributed by atoms with Crippen molar-refractivity contribution in [1.29, 1.82) is 0 Å². The van der Waals surface area contributed by atoms with Crippen molar-refractivity contribution in [2.45, 2.75) is 76.6 Å². The Labute approximate surface area is 132 Å². The second-order valence-corrected chi connectivity index (χ2v) is 9.19. The normalized spacial score (nSPS) is 62.3. The van der Waals surface area contributed by atoms with Crippen molar-refractivity contribution in [2.75, 3.05) is 0 Å². The predicted octanol–water partition coefficient (Wildman–Crippen LogP) is 3.57. The number of hydrogen-bond donors (Lipinski definition) is 2. The Morgan fingerprint density at radius 1 is 1.09 bits per heavy atom. The molecule has 5 rings (SSSR count). The van der Waals surface area contributed by atoms with Crippen molar-refractivity contribution < 1.29 is 14.9 Å². The van der Waals surface area contributed by atoms with Crippen LogP contribution in [0.15, 0.2) is 11.8 Å². The summed E-state index contributed by atoms with van der Waals surface area (Å²) >= 11 is 0. The van der Waals surface area contributed by atoms with Crippen LogP contribution in [-0.4, -0.2) is 28.0 Å². The van der Waals surface area contributed by atoms with Gasteiger partial charge in [-0.25, -0.2) is 0 Å². The highest BCUT2D eigenvalue weighted by atomic mass is 16.6. The van der Waals surface area contributed by atoms with Gasteiger partial charge >= 0.3 is 0 Å². The van der Waals surface area contributed by atoms with Crippen LogP contribution in [0.1, 0.15) is 58.8 Å². The standard InChI is InChI=1S/C19H28O3/c1-17-8-6-13-11(12(17)3-4-15(17)21)5-10-19-16(22-19)14(20)7-9-18(13,19)2/h7,11-13,15-16,20-21H,3-6,8-10H2,1-2H3/t11-,12-,13-,15-,16?,17-,18+,19-/m0/s1. The van der Waals surface area contributed by atoms with E-state index in [0.29, 0.717) is 17.6 Å². The van der Waals surface area contributed by atoms with Gasteiger partial charge in [0.2, 0.25) is 0 Å². The fraction of sp³-hybridized carbons (Fsp3) is 0.895. The highest BCUT2D eigenvalue weighted by molar-refractivity contribution is 5.32. The molecule has 1 spiro atoms. The van der Waals surface area contributed by atoms with E-state index >= 15 is 0 Å². The number of allylic oxidation sites excluding steroid dienone is 1. The number of aliphatic hydroxyl groups is 2. The van der Waals surface area contributed by atoms with Crippen LogP contribution in [0.25, 0.3) is 0 Å². The molecule has 1 aliphatic heterocycles. The van der Waals surface area contributed by atoms with Gasteiger partial charge in [0.25, 0.3) is 0 Å². The molecule has 1 unspecified atom stereocenters. The van der Waals surface area contributed by atoms with Gasteiger partial charge in [0.05, 0.1) is 6.10 Å². The number of ether oxygens (including phenoxy) is 1. The van der Waals surface area contributed by atoms with Crippen LogP contribution < -0.4 is 0 Å². The summed E-state index contributed by atoms with van der Waals surface area (Å²) in [6, 6.07) is 0. The fourth-order valence-corrected chi connectivity index (χ4v) is 7.28. The fourth-order valence-electron chi connectivity index (χ4n) is 7.28. The van der Waals surface area contributed by atoms with Crippen molar-refractivity contribution in [3.63, 3.8) is 0 Å². The van der Waals surface area contributed by atoms with E-state index in [4.69, 9.17) is 4.74 Å². The molecule has 0 bridgehead atoms. The SMILES string of the molecule is C[C@]12CC[C@H]3[C@@H](CC[C@]45OC4C(O)=CC[C@]35C)[C@@H]1CC[C@@H]2O. The molecule has 3 nitrogen and oxygen atoms in total. The van der Waals surface area contributed by atoms with Gasteiger partial charge in [-0.1, -0.05) is 13.8 Å². The second kappa shape index (κ2) is 3.92. The van der Waals surface area contributed by atoms with Gasteiger partial charge in [-0.3, -0.25) is 0 Å². The van der Waals surface area contributed by atoms with Gasteiger partial charge < -0.3 is 14.9 Å². The molecule has 0 radical (unpaired) electrons. The third-order valence-corrected chi connectivity index (χ3v) is 8.72. The van der Waals surface area contributed by atoms with E-state index < -0.39 is 0 Å². The van der Waals surface area contributed by atoms with E-state index in [2.05, 4.69) is 13.8 Å². The first-order valence-electron chi connectivity index (χ1n) is 9.17. The number of fused-ring (bicyclic) bond motifs is 4. The highest BCUT2D eigenvalue weighted by Crippen LogP contribution is 2.72. The maximum atomic E-state index is 10.5. The summed E-state index contributed by atoms with van der Waals surface area (Å²) in [5.74, 6) is 2.60. The lowest BCUT2D eigenvalue weighted by Gasteiger charge is -2.58. The number of aliphatic hydroxyl groups excluding tert-OH is 2. The zero-order valence-corrected chi connectivity index (χ0v) is 13.7. The minimum atomic E-state index is -0.0950. The molecule has 1 saturated heterocycles. The van der Waals surface area contributed by atoms with Crippen molar-refractivity contribution in [2.24, 2.45) is 28.6 Å². The van der Waals surface area contributed by atoms with Gasteiger partial charge in [0.1, 0.15) is 17.5 Å². The molecule has 3 heteroatoms. The molecule has 4 aliphatic carbocycles. The molecule has 8 atom stereocenters. The maximum Gasteiger partial charge on any atom is 0.144 e. The Balaban J connectivity index is 1.53. The molecule has 0 aromatic carbocycles. The lowest BCUT2D eigenvalue weighted by atomic mass is 9.45. The van der Waals surface area contributed by atoms with Gasteiger partial charge in [-0.05, 0) is 74.2 Å². The molecular formula is C19H28O3. The summed E-state index contributed by atoms with van der Waals surface area (Å²) in [6.07, 6.45) is 9.76. The summed E-state index contributed by atoms with van der Waals surface area (Å²) < 4.78 is 6.12. The zero-order chi connectivity index (χ0) is 15.3. The summed E-state index contributed by atoms with van der Waals surface area (Å²) in [6.45, 7) is 4.75. The van der Waals surface area contributed by atoms with Crippen LogP contribution >= 0.6 is 0 Å². The van der Waals surface area contributed by atoms with Crippen molar-refractivity contribution >= 4 is 0 Å². The highest BCUT2D eigenvalue weighted by Gasteiger charge is 2.75. The number of rotatable bonds is 0. The molecule has 122 valence electrons. The Morgan fingerprint density at radius 3 is 2.73 bits per heavy atom. The minimum Gasteiger partial charge on any atom is -0.510 e. The molecule has 0 aromatic rings. The van der Waals surface area contributed by atoms with E-state index in [1.54, 1.807) is 0 Å². The summed E-state index contributed by atoms with van der Waals surface area (Å²) in [5.41, 5.74) is 0.262. The molecule has 4 fully saturated rings. The minimum absolute atomic E-state index is 0.0188. The molecule has 5 aliphatic rings. The Morgan fingerprint density at radius 2 is 1.91 bits per heavy atom. The molecule has 22 heavy (non-hydrogen) atoms. The molecule has 3 saturated carbocycles. The number of epoxide rings is 1. The smallest absolute Gasteiger partial charge is 0.144 e. The Kier molecular flexibility index (Phi) is 2.47. The number of hydrogen-bond acceptors (Lipinski definition) is 3. The van der Waals surface area contributed by atoms with E-state index in [1.807, 2.05) is 6.08 Å². The molecule has 2 N–H and O–H groups in total. The Hall–Kier alpha value is -0.540. The average molecular weight is 304 g/mol. The topological polar surface area (TPSA) is 53.0 Å². The maximum absolute atomic E-state index is 10.5. The zero-order valence-electron chi connectivity index (χ0n) is 13.7. The van der Waals surface area contributed by atoms with Gasteiger partial charge in [0, 0.05) is 5.41 Å². The molecular weight excluding hydrogens is 276 g/mol. The van der Waals surface area contributed by atoms with E-state index in [9.17, 15) is 10.2 Å². The van der Waals surface area contributed by atoms with Crippen molar-refractivity contribution in [3.05, 3.63) is 11.8 Å². The Bertz CT molecular complexity index is 557. The molecule has 0 aromatic heterocycles. The van der Waals surface area contributed by atoms with Crippen LogP contribution in [0.5, 0.6) is 0 Å². The third-order valence-electron chi connectivity index (χ3n) is 8.72. The van der Waals surface area contributed by atoms with Crippen LogP contribution in [0.3, 0.4) is 0 Å². The average Bonchev–Trinajstić information content (AvgIpc) is 3.17. The third kappa shape index (κ3) is 1.34. The van der Waals surface area contributed by atoms with E-state index in [-0.39, 0.29) is 28.6 Å². The van der Waals surface area contributed by atoms with Crippen LogP contribution in [0.4, 0.5) is 0 Å². The van der Waals surface area contributed by atoms with Crippen LogP contribution in [0, 0.1) is 28.6 Å². The largest absolute Gasteiger partial charge is 0.510 e. The van der Waals surface area contributed by atoms with Gasteiger partial charge in [-0.2, -0.15) is 0 Å². The van der Waals surface area contributed by atoms with Crippen LogP contribution in [-0.2, 0) is 4.74 Å². The van der Waals surface area contributed by atoms with Crippen molar-refractivity contribution in [3.8, 4) is 0 Å². The van der Waals surface area contributed by atoms with E-state index in [1.165, 1.54) is 19.3 Å². The first-order chi connectivity index (χ1) is 10.4. The summed E-state index contributed by atoms with van der Waals surface area (Å²) in [4.78, 5) is 0. The quantitative estimate of drug-likeness (QED) is 0.673. The lowest BCUT2D eigenvalue weighted by Crippen LogP contribution is -2.57. The summed E-state index contributed by atoms with van der Waals surface area (Å²) in [7, 11) is 0. The summed E-state index contributed by atoms with van der Waals surface area (Å²) in [5, 5.41) is 20.6.